The number of anilines is 2. The van der Waals surface area contributed by atoms with E-state index in [1.807, 2.05) is 13.8 Å². The van der Waals surface area contributed by atoms with Crippen molar-refractivity contribution in [3.05, 3.63) is 4.88 Å². The van der Waals surface area contributed by atoms with E-state index in [0.29, 0.717) is 23.8 Å². The first kappa shape index (κ1) is 13.1. The minimum Gasteiger partial charge on any atom is -0.382 e. The molecule has 1 aliphatic heterocycles. The zero-order chi connectivity index (χ0) is 13.1. The van der Waals surface area contributed by atoms with E-state index in [-0.39, 0.29) is 5.91 Å². The minimum atomic E-state index is 0.000414. The largest absolute Gasteiger partial charge is 0.382 e. The van der Waals surface area contributed by atoms with Crippen molar-refractivity contribution in [1.29, 1.82) is 0 Å². The predicted molar refractivity (Wildman–Crippen MR) is 75.2 cm³/mol. The van der Waals surface area contributed by atoms with Crippen LogP contribution in [0.3, 0.4) is 0 Å². The second kappa shape index (κ2) is 5.56. The maximum absolute atomic E-state index is 12.3. The molecule has 6 heteroatoms. The highest BCUT2D eigenvalue weighted by atomic mass is 32.1. The first-order chi connectivity index (χ1) is 8.67. The Bertz CT molecular complexity index is 422. The molecule has 1 amide bonds. The number of carbonyl (C=O) groups excluding carboxylic acids is 1. The average molecular weight is 268 g/mol. The third-order valence-electron chi connectivity index (χ3n) is 3.26. The lowest BCUT2D eigenvalue weighted by molar-refractivity contribution is 0.0778. The van der Waals surface area contributed by atoms with Crippen molar-refractivity contribution >= 4 is 28.2 Å². The van der Waals surface area contributed by atoms with Gasteiger partial charge in [0.2, 0.25) is 0 Å². The van der Waals surface area contributed by atoms with Crippen molar-refractivity contribution in [3.8, 4) is 0 Å². The van der Waals surface area contributed by atoms with Crippen molar-refractivity contribution in [1.82, 2.24) is 9.88 Å². The van der Waals surface area contributed by atoms with Gasteiger partial charge in [-0.25, -0.2) is 4.98 Å². The lowest BCUT2D eigenvalue weighted by atomic mass is 10.4. The molecule has 0 bridgehead atoms. The van der Waals surface area contributed by atoms with Gasteiger partial charge < -0.3 is 15.5 Å². The Hall–Kier alpha value is -1.30. The van der Waals surface area contributed by atoms with Crippen LogP contribution in [0.2, 0.25) is 0 Å². The lowest BCUT2D eigenvalue weighted by Gasteiger charge is -2.17. The smallest absolute Gasteiger partial charge is 0.267 e. The molecule has 1 aromatic rings. The molecule has 1 aliphatic rings. The summed E-state index contributed by atoms with van der Waals surface area (Å²) in [6, 6.07) is 0. The number of hydrogen-bond donors (Lipinski definition) is 1. The van der Waals surface area contributed by atoms with Crippen LogP contribution in [0.25, 0.3) is 0 Å². The maximum atomic E-state index is 12.3. The van der Waals surface area contributed by atoms with Crippen LogP contribution >= 0.6 is 11.3 Å². The van der Waals surface area contributed by atoms with Gasteiger partial charge in [-0.05, 0) is 26.7 Å². The fraction of sp³-hybridized carbons (Fsp3) is 0.667. The Morgan fingerprint density at radius 3 is 2.56 bits per heavy atom. The molecule has 0 saturated carbocycles. The molecule has 100 valence electrons. The number of thiazole rings is 1. The average Bonchev–Trinajstić information content (AvgIpc) is 2.99. The van der Waals surface area contributed by atoms with Crippen LogP contribution in [0, 0.1) is 0 Å². The summed E-state index contributed by atoms with van der Waals surface area (Å²) >= 11 is 1.42. The van der Waals surface area contributed by atoms with Crippen LogP contribution in [0.5, 0.6) is 0 Å². The Labute approximate surface area is 112 Å². The third kappa shape index (κ3) is 2.43. The van der Waals surface area contributed by atoms with Gasteiger partial charge in [-0.15, -0.1) is 0 Å². The zero-order valence-corrected chi connectivity index (χ0v) is 11.8. The van der Waals surface area contributed by atoms with Gasteiger partial charge in [0.1, 0.15) is 10.7 Å². The van der Waals surface area contributed by atoms with Crippen LogP contribution in [0.15, 0.2) is 0 Å². The van der Waals surface area contributed by atoms with Crippen molar-refractivity contribution in [2.75, 3.05) is 36.8 Å². The first-order valence-corrected chi connectivity index (χ1v) is 7.29. The highest BCUT2D eigenvalue weighted by molar-refractivity contribution is 7.18. The number of amides is 1. The van der Waals surface area contributed by atoms with Gasteiger partial charge in [0.25, 0.3) is 5.91 Å². The fourth-order valence-electron chi connectivity index (χ4n) is 2.17. The van der Waals surface area contributed by atoms with Crippen LogP contribution < -0.4 is 10.6 Å². The lowest BCUT2D eigenvalue weighted by Crippen LogP contribution is -2.30. The van der Waals surface area contributed by atoms with Crippen LogP contribution in [0.1, 0.15) is 36.4 Å². The van der Waals surface area contributed by atoms with Gasteiger partial charge in [0.05, 0.1) is 0 Å². The van der Waals surface area contributed by atoms with E-state index in [4.69, 9.17) is 5.73 Å². The van der Waals surface area contributed by atoms with Gasteiger partial charge in [-0.2, -0.15) is 0 Å². The predicted octanol–water partition coefficient (Wildman–Crippen LogP) is 1.81. The van der Waals surface area contributed by atoms with E-state index in [9.17, 15) is 4.79 Å². The van der Waals surface area contributed by atoms with E-state index in [0.717, 1.165) is 18.2 Å². The fourth-order valence-corrected chi connectivity index (χ4v) is 3.18. The molecular formula is C12H20N4OS. The highest BCUT2D eigenvalue weighted by Gasteiger charge is 2.23. The maximum Gasteiger partial charge on any atom is 0.267 e. The topological polar surface area (TPSA) is 62.5 Å². The molecule has 2 N–H and O–H groups in total. The van der Waals surface area contributed by atoms with Crippen molar-refractivity contribution in [2.24, 2.45) is 0 Å². The molecule has 0 aromatic carbocycles. The van der Waals surface area contributed by atoms with E-state index < -0.39 is 0 Å². The summed E-state index contributed by atoms with van der Waals surface area (Å²) in [5.41, 5.74) is 5.88. The minimum absolute atomic E-state index is 0.000414. The summed E-state index contributed by atoms with van der Waals surface area (Å²) in [5.74, 6) is 0.374. The summed E-state index contributed by atoms with van der Waals surface area (Å²) in [6.45, 7) is 7.38. The molecule has 0 unspecified atom stereocenters. The second-order valence-corrected chi connectivity index (χ2v) is 5.36. The first-order valence-electron chi connectivity index (χ1n) is 6.47. The number of aromatic nitrogens is 1. The van der Waals surface area contributed by atoms with Crippen LogP contribution in [-0.4, -0.2) is 42.0 Å². The van der Waals surface area contributed by atoms with E-state index in [1.54, 1.807) is 4.90 Å². The highest BCUT2D eigenvalue weighted by Crippen LogP contribution is 2.31. The Balaban J connectivity index is 2.20. The summed E-state index contributed by atoms with van der Waals surface area (Å²) < 4.78 is 0. The molecule has 1 fully saturated rings. The normalized spacial score (nSPS) is 15.1. The van der Waals surface area contributed by atoms with Crippen molar-refractivity contribution < 1.29 is 4.79 Å². The standard InChI is InChI=1S/C12H20N4OS/c1-3-15(4-2)11(17)9-10(13)14-12(18-9)16-7-5-6-8-16/h3-8,13H2,1-2H3. The second-order valence-electron chi connectivity index (χ2n) is 4.38. The quantitative estimate of drug-likeness (QED) is 0.904. The van der Waals surface area contributed by atoms with Gasteiger partial charge in [0, 0.05) is 26.2 Å². The molecule has 0 atom stereocenters. The number of rotatable bonds is 4. The summed E-state index contributed by atoms with van der Waals surface area (Å²) in [5, 5.41) is 0.889. The van der Waals surface area contributed by atoms with Crippen LogP contribution in [0.4, 0.5) is 10.9 Å². The Morgan fingerprint density at radius 2 is 2.00 bits per heavy atom. The monoisotopic (exact) mass is 268 g/mol. The number of nitrogens with zero attached hydrogens (tertiary/aromatic N) is 3. The molecule has 2 rings (SSSR count). The number of carbonyl (C=O) groups is 1. The SMILES string of the molecule is CCN(CC)C(=O)c1sc(N2CCCC2)nc1N. The van der Waals surface area contributed by atoms with Gasteiger partial charge >= 0.3 is 0 Å². The summed E-state index contributed by atoms with van der Waals surface area (Å²) in [4.78, 5) is 21.2. The van der Waals surface area contributed by atoms with Gasteiger partial charge in [-0.1, -0.05) is 11.3 Å². The number of hydrogen-bond acceptors (Lipinski definition) is 5. The number of nitrogen functional groups attached to an aromatic ring is 1. The van der Waals surface area contributed by atoms with E-state index >= 15 is 0 Å². The molecule has 0 aliphatic carbocycles. The third-order valence-corrected chi connectivity index (χ3v) is 4.38. The molecule has 18 heavy (non-hydrogen) atoms. The van der Waals surface area contributed by atoms with Crippen molar-refractivity contribution in [3.63, 3.8) is 0 Å². The molecule has 2 heterocycles. The summed E-state index contributed by atoms with van der Waals surface area (Å²) in [7, 11) is 0. The molecule has 1 saturated heterocycles. The zero-order valence-electron chi connectivity index (χ0n) is 11.0. The van der Waals surface area contributed by atoms with Crippen LogP contribution in [-0.2, 0) is 0 Å². The molecular weight excluding hydrogens is 248 g/mol. The van der Waals surface area contributed by atoms with E-state index in [1.165, 1.54) is 24.2 Å². The molecule has 0 radical (unpaired) electrons. The van der Waals surface area contributed by atoms with E-state index in [2.05, 4.69) is 9.88 Å². The van der Waals surface area contributed by atoms with Crippen molar-refractivity contribution in [2.45, 2.75) is 26.7 Å². The number of nitrogens with two attached hydrogens (primary N) is 1. The van der Waals surface area contributed by atoms with Gasteiger partial charge in [-0.3, -0.25) is 4.79 Å². The molecule has 5 nitrogen and oxygen atoms in total. The Morgan fingerprint density at radius 1 is 1.39 bits per heavy atom. The molecule has 1 aromatic heterocycles. The summed E-state index contributed by atoms with van der Waals surface area (Å²) in [6.07, 6.45) is 2.39. The molecule has 0 spiro atoms. The Kier molecular flexibility index (Phi) is 4.06. The van der Waals surface area contributed by atoms with Gasteiger partial charge in [0.15, 0.2) is 5.13 Å².